The minimum Gasteiger partial charge on any atom is -0.394 e. The van der Waals surface area contributed by atoms with Crippen molar-refractivity contribution in [2.45, 2.75) is 453 Å². The van der Waals surface area contributed by atoms with Crippen LogP contribution in [0.1, 0.15) is 380 Å². The fourth-order valence-corrected chi connectivity index (χ4v) is 14.0. The Labute approximate surface area is 618 Å². The molecule has 14 nitrogen and oxygen atoms in total. The number of aliphatic hydroxyl groups is 8. The van der Waals surface area contributed by atoms with Crippen LogP contribution in [0, 0.1) is 0 Å². The average Bonchev–Trinajstić information content (AvgIpc) is 0.791. The van der Waals surface area contributed by atoms with Gasteiger partial charge in [-0.05, 0) is 70.6 Å². The maximum Gasteiger partial charge on any atom is 0.220 e. The zero-order chi connectivity index (χ0) is 73.0. The summed E-state index contributed by atoms with van der Waals surface area (Å²) in [6.45, 7) is 2.73. The Bertz CT molecular complexity index is 1980. The van der Waals surface area contributed by atoms with Gasteiger partial charge in [-0.15, -0.1) is 0 Å². The molecule has 0 spiro atoms. The number of allylic oxidation sites excluding steroid dienone is 11. The zero-order valence-electron chi connectivity index (χ0n) is 64.9. The molecule has 9 N–H and O–H groups in total. The fraction of sp³-hybridized carbons (Fsp3) is 0.851. The second kappa shape index (κ2) is 70.4. The summed E-state index contributed by atoms with van der Waals surface area (Å²) >= 11 is 0. The van der Waals surface area contributed by atoms with Crippen LogP contribution >= 0.6 is 0 Å². The highest BCUT2D eigenvalue weighted by Gasteiger charge is 2.51. The number of ether oxygens (including phenoxy) is 4. The summed E-state index contributed by atoms with van der Waals surface area (Å²) in [5.74, 6) is -0.243. The van der Waals surface area contributed by atoms with Crippen molar-refractivity contribution in [3.8, 4) is 0 Å². The second-order valence-electron chi connectivity index (χ2n) is 29.9. The smallest absolute Gasteiger partial charge is 0.220 e. The topological polar surface area (TPSA) is 228 Å². The van der Waals surface area contributed by atoms with E-state index in [1.165, 1.54) is 289 Å². The molecule has 0 saturated carbocycles. The van der Waals surface area contributed by atoms with Gasteiger partial charge in [0.1, 0.15) is 48.8 Å². The Kier molecular flexibility index (Phi) is 65.9. The molecule has 590 valence electrons. The van der Waals surface area contributed by atoms with Gasteiger partial charge in [0.15, 0.2) is 12.6 Å². The molecule has 2 fully saturated rings. The van der Waals surface area contributed by atoms with Crippen LogP contribution in [-0.4, -0.2) is 140 Å². The molecule has 0 aliphatic carbocycles. The Morgan fingerprint density at radius 3 is 1.09 bits per heavy atom. The number of rotatable bonds is 72. The molecule has 12 unspecified atom stereocenters. The monoisotopic (exact) mass is 1430 g/mol. The molecule has 101 heavy (non-hydrogen) atoms. The van der Waals surface area contributed by atoms with Crippen LogP contribution in [0.5, 0.6) is 0 Å². The predicted octanol–water partition coefficient (Wildman–Crippen LogP) is 20.1. The van der Waals surface area contributed by atoms with Crippen LogP contribution < -0.4 is 5.32 Å². The van der Waals surface area contributed by atoms with Gasteiger partial charge < -0.3 is 65.1 Å². The molecule has 12 atom stereocenters. The number of hydrogen-bond acceptors (Lipinski definition) is 13. The van der Waals surface area contributed by atoms with E-state index in [-0.39, 0.29) is 18.9 Å². The molecule has 14 heteroatoms. The molecule has 2 rings (SSSR count). The number of carbonyl (C=O) groups is 1. The number of aliphatic hydroxyl groups excluding tert-OH is 8. The molecule has 0 bridgehead atoms. The highest BCUT2D eigenvalue weighted by atomic mass is 16.7. The Hall–Kier alpha value is -2.57. The van der Waals surface area contributed by atoms with Crippen molar-refractivity contribution >= 4 is 5.91 Å². The van der Waals surface area contributed by atoms with Gasteiger partial charge in [0.25, 0.3) is 0 Å². The van der Waals surface area contributed by atoms with Gasteiger partial charge in [-0.3, -0.25) is 4.79 Å². The normalized spacial score (nSPS) is 22.1. The first kappa shape index (κ1) is 94.5. The third-order valence-corrected chi connectivity index (χ3v) is 20.6. The first-order valence-electron chi connectivity index (χ1n) is 42.7. The molecule has 2 heterocycles. The maximum atomic E-state index is 13.4. The molecule has 0 aromatic carbocycles. The molecule has 2 aliphatic heterocycles. The lowest BCUT2D eigenvalue weighted by molar-refractivity contribution is -0.359. The summed E-state index contributed by atoms with van der Waals surface area (Å²) in [7, 11) is 0. The predicted molar refractivity (Wildman–Crippen MR) is 420 cm³/mol. The number of carbonyl (C=O) groups excluding carboxylic acids is 1. The number of amides is 1. The van der Waals surface area contributed by atoms with Crippen LogP contribution in [0.3, 0.4) is 0 Å². The Morgan fingerprint density at radius 2 is 0.693 bits per heavy atom. The number of nitrogens with one attached hydrogen (secondary N) is 1. The van der Waals surface area contributed by atoms with Crippen LogP contribution in [0.2, 0.25) is 0 Å². The van der Waals surface area contributed by atoms with Gasteiger partial charge >= 0.3 is 0 Å². The van der Waals surface area contributed by atoms with Crippen LogP contribution in [0.15, 0.2) is 72.9 Å². The highest BCUT2D eigenvalue weighted by Crippen LogP contribution is 2.30. The summed E-state index contributed by atoms with van der Waals surface area (Å²) in [6, 6.07) is -0.935. The van der Waals surface area contributed by atoms with E-state index in [1.807, 2.05) is 6.08 Å². The Balaban J connectivity index is 1.60. The van der Waals surface area contributed by atoms with Crippen LogP contribution in [0.4, 0.5) is 0 Å². The lowest BCUT2D eigenvalue weighted by Gasteiger charge is -2.46. The van der Waals surface area contributed by atoms with Gasteiger partial charge in [0.05, 0.1) is 32.0 Å². The first-order chi connectivity index (χ1) is 49.6. The van der Waals surface area contributed by atoms with Crippen molar-refractivity contribution in [3.05, 3.63) is 72.9 Å². The van der Waals surface area contributed by atoms with E-state index < -0.39 is 86.8 Å². The lowest BCUT2D eigenvalue weighted by atomic mass is 9.97. The number of unbranched alkanes of at least 4 members (excludes halogenated alkanes) is 49. The van der Waals surface area contributed by atoms with E-state index in [2.05, 4.69) is 79.9 Å². The van der Waals surface area contributed by atoms with E-state index in [0.717, 1.165) is 57.8 Å². The van der Waals surface area contributed by atoms with E-state index in [0.29, 0.717) is 12.8 Å². The SMILES string of the molecule is CC/C=C\C/C=C\C/C=C\C/C=C\CCCCCCCCCCCCCCCCCCCCCCCCC(=O)NC(COC1OC(CO)C(OC2OC(CO)C(O)C(O)C2O)C(O)C1O)C(O)/C=C/CC/C=C/CCCCCCCCCCCCCCCCCCCCCCCCCCCC. The van der Waals surface area contributed by atoms with Crippen molar-refractivity contribution in [3.63, 3.8) is 0 Å². The van der Waals surface area contributed by atoms with Gasteiger partial charge in [-0.2, -0.15) is 0 Å². The molecular formula is C87H159NO13. The molecule has 2 saturated heterocycles. The molecule has 2 aliphatic rings. The average molecular weight is 1430 g/mol. The van der Waals surface area contributed by atoms with Gasteiger partial charge in [0.2, 0.25) is 5.91 Å². The largest absolute Gasteiger partial charge is 0.394 e. The van der Waals surface area contributed by atoms with Crippen molar-refractivity contribution < 1.29 is 64.6 Å². The molecular weight excluding hydrogens is 1270 g/mol. The summed E-state index contributed by atoms with van der Waals surface area (Å²) in [4.78, 5) is 13.4. The van der Waals surface area contributed by atoms with Crippen molar-refractivity contribution in [1.82, 2.24) is 5.32 Å². The maximum absolute atomic E-state index is 13.4. The third-order valence-electron chi connectivity index (χ3n) is 20.6. The van der Waals surface area contributed by atoms with E-state index in [9.17, 15) is 45.6 Å². The summed E-state index contributed by atoms with van der Waals surface area (Å²) < 4.78 is 22.9. The molecule has 1 amide bonds. The lowest BCUT2D eigenvalue weighted by Crippen LogP contribution is -2.65. The van der Waals surface area contributed by atoms with Crippen molar-refractivity contribution in [2.24, 2.45) is 0 Å². The second-order valence-corrected chi connectivity index (χ2v) is 29.9. The zero-order valence-corrected chi connectivity index (χ0v) is 64.9. The minimum absolute atomic E-state index is 0.243. The Morgan fingerprint density at radius 1 is 0.366 bits per heavy atom. The summed E-state index contributed by atoms with van der Waals surface area (Å²) in [5.41, 5.74) is 0. The van der Waals surface area contributed by atoms with E-state index >= 15 is 0 Å². The summed E-state index contributed by atoms with van der Waals surface area (Å²) in [6.07, 6.45) is 81.5. The first-order valence-corrected chi connectivity index (χ1v) is 42.7. The molecule has 0 radical (unpaired) electrons. The minimum atomic E-state index is -1.79. The quantitative estimate of drug-likeness (QED) is 0.0204. The van der Waals surface area contributed by atoms with E-state index in [4.69, 9.17) is 18.9 Å². The van der Waals surface area contributed by atoms with Crippen LogP contribution in [0.25, 0.3) is 0 Å². The fourth-order valence-electron chi connectivity index (χ4n) is 14.0. The van der Waals surface area contributed by atoms with Crippen molar-refractivity contribution in [1.29, 1.82) is 0 Å². The number of hydrogen-bond donors (Lipinski definition) is 9. The van der Waals surface area contributed by atoms with Gasteiger partial charge in [0, 0.05) is 6.42 Å². The highest BCUT2D eigenvalue weighted by molar-refractivity contribution is 5.76. The summed E-state index contributed by atoms with van der Waals surface area (Å²) in [5, 5.41) is 87.8. The molecule has 0 aromatic heterocycles. The standard InChI is InChI=1S/C87H159NO13/c1-3-5-7-9-11-13-15-17-19-21-23-25-27-29-31-33-35-37-38-39-41-43-45-47-49-51-53-55-57-59-61-63-65-67-69-71-79(92)88-75(74-98-86-84(97)82(95)85(78(73-90)100-86)101-87-83(96)81(94)80(93)77(72-89)99-87)76(91)70-68-66-64-62-60-58-56-54-52-50-48-46-44-42-40-36-34-32-30-28-26-24-22-20-18-16-14-12-10-8-6-4-2/h5,7,11,13,17,19,23,25,60,62,68,70,75-78,80-87,89-91,93-97H,3-4,6,8-10,12,14-16,18,20-22,24,26-59,61,63-67,69,71-74H2,1-2H3,(H,88,92)/b7-5-,13-11-,19-17-,25-23-,62-60+,70-68+. The van der Waals surface area contributed by atoms with Crippen molar-refractivity contribution in [2.75, 3.05) is 19.8 Å². The van der Waals surface area contributed by atoms with E-state index in [1.54, 1.807) is 6.08 Å². The third kappa shape index (κ3) is 53.0. The van der Waals surface area contributed by atoms with Crippen LogP contribution in [-0.2, 0) is 23.7 Å². The van der Waals surface area contributed by atoms with Gasteiger partial charge in [-0.1, -0.05) is 376 Å². The van der Waals surface area contributed by atoms with Gasteiger partial charge in [-0.25, -0.2) is 0 Å². The molecule has 0 aromatic rings.